The molecule has 0 aliphatic heterocycles. The minimum atomic E-state index is -1.02. The monoisotopic (exact) mass is 342 g/mol. The smallest absolute Gasteiger partial charge is 0.326 e. The zero-order chi connectivity index (χ0) is 16.9. The maximum absolute atomic E-state index is 12.1. The van der Waals surface area contributed by atoms with Crippen LogP contribution >= 0.6 is 11.3 Å². The van der Waals surface area contributed by atoms with Crippen LogP contribution in [0.4, 0.5) is 0 Å². The van der Waals surface area contributed by atoms with Crippen LogP contribution in [0.3, 0.4) is 0 Å². The number of aromatic amines is 1. The van der Waals surface area contributed by atoms with Gasteiger partial charge in [0.15, 0.2) is 0 Å². The Bertz CT molecular complexity index is 839. The molecule has 0 spiro atoms. The Balaban J connectivity index is 1.64. The number of para-hydroxylation sites is 1. The molecule has 3 aromatic rings. The van der Waals surface area contributed by atoms with Gasteiger partial charge in [-0.2, -0.15) is 11.3 Å². The molecule has 0 fully saturated rings. The summed E-state index contributed by atoms with van der Waals surface area (Å²) in [6.45, 7) is 0. The number of thiophene rings is 1. The highest BCUT2D eigenvalue weighted by atomic mass is 32.1. The van der Waals surface area contributed by atoms with Crippen molar-refractivity contribution in [3.63, 3.8) is 0 Å². The molecule has 124 valence electrons. The summed E-state index contributed by atoms with van der Waals surface area (Å²) in [5, 5.41) is 17.0. The number of hydrogen-bond acceptors (Lipinski definition) is 3. The first kappa shape index (κ1) is 16.3. The maximum Gasteiger partial charge on any atom is 0.326 e. The van der Waals surface area contributed by atoms with E-state index in [1.54, 1.807) is 17.5 Å². The number of nitrogens with one attached hydrogen (secondary N) is 2. The van der Waals surface area contributed by atoms with Crippen molar-refractivity contribution in [1.29, 1.82) is 0 Å². The average Bonchev–Trinajstić information content (AvgIpc) is 3.22. The number of carboxylic acids is 1. The van der Waals surface area contributed by atoms with Crippen LogP contribution < -0.4 is 5.32 Å². The molecule has 6 heteroatoms. The largest absolute Gasteiger partial charge is 0.480 e. The molecule has 5 nitrogen and oxygen atoms in total. The molecule has 0 saturated heterocycles. The molecule has 24 heavy (non-hydrogen) atoms. The van der Waals surface area contributed by atoms with Gasteiger partial charge in [0.05, 0.1) is 0 Å². The van der Waals surface area contributed by atoms with Crippen LogP contribution in [0, 0.1) is 0 Å². The van der Waals surface area contributed by atoms with Crippen LogP contribution in [-0.4, -0.2) is 28.0 Å². The predicted molar refractivity (Wildman–Crippen MR) is 94.2 cm³/mol. The Kier molecular flexibility index (Phi) is 4.96. The van der Waals surface area contributed by atoms with Gasteiger partial charge < -0.3 is 15.4 Å². The van der Waals surface area contributed by atoms with Gasteiger partial charge in [0, 0.05) is 29.9 Å². The number of carbonyl (C=O) groups is 2. The molecule has 1 atom stereocenters. The van der Waals surface area contributed by atoms with Gasteiger partial charge in [-0.1, -0.05) is 18.2 Å². The lowest BCUT2D eigenvalue weighted by molar-refractivity contribution is -0.141. The molecule has 0 unspecified atom stereocenters. The van der Waals surface area contributed by atoms with E-state index in [1.165, 1.54) is 0 Å². The van der Waals surface area contributed by atoms with Gasteiger partial charge >= 0.3 is 5.97 Å². The van der Waals surface area contributed by atoms with E-state index < -0.39 is 12.0 Å². The number of hydrogen-bond donors (Lipinski definition) is 3. The second-order valence-corrected chi connectivity index (χ2v) is 6.43. The normalized spacial score (nSPS) is 12.2. The summed E-state index contributed by atoms with van der Waals surface area (Å²) in [5.41, 5.74) is 2.94. The van der Waals surface area contributed by atoms with Gasteiger partial charge in [-0.05, 0) is 40.4 Å². The van der Waals surface area contributed by atoms with E-state index >= 15 is 0 Å². The summed E-state index contributed by atoms with van der Waals surface area (Å²) in [4.78, 5) is 26.7. The van der Waals surface area contributed by atoms with E-state index in [0.717, 1.165) is 22.0 Å². The van der Waals surface area contributed by atoms with Crippen LogP contribution in [0.15, 0.2) is 47.3 Å². The van der Waals surface area contributed by atoms with Gasteiger partial charge in [-0.25, -0.2) is 4.79 Å². The molecule has 3 rings (SSSR count). The summed E-state index contributed by atoms with van der Waals surface area (Å²) >= 11 is 1.58. The lowest BCUT2D eigenvalue weighted by Crippen LogP contribution is -2.42. The van der Waals surface area contributed by atoms with E-state index in [1.807, 2.05) is 41.1 Å². The lowest BCUT2D eigenvalue weighted by atomic mass is 10.0. The van der Waals surface area contributed by atoms with Crippen molar-refractivity contribution in [1.82, 2.24) is 10.3 Å². The van der Waals surface area contributed by atoms with E-state index in [0.29, 0.717) is 6.42 Å². The van der Waals surface area contributed by atoms with E-state index in [9.17, 15) is 14.7 Å². The fourth-order valence-electron chi connectivity index (χ4n) is 2.68. The highest BCUT2D eigenvalue weighted by Gasteiger charge is 2.21. The lowest BCUT2D eigenvalue weighted by Gasteiger charge is -2.14. The van der Waals surface area contributed by atoms with E-state index in [-0.39, 0.29) is 18.7 Å². The Labute approximate surface area is 143 Å². The highest BCUT2D eigenvalue weighted by Crippen LogP contribution is 2.19. The summed E-state index contributed by atoms with van der Waals surface area (Å²) in [5.74, 6) is -1.27. The first-order valence-electron chi connectivity index (χ1n) is 7.71. The van der Waals surface area contributed by atoms with Gasteiger partial charge in [0.25, 0.3) is 0 Å². The standard InChI is InChI=1S/C18H18N2O3S/c21-17(6-5-12-7-8-24-11-12)20-16(18(22)23)9-13-10-19-15-4-2-1-3-14(13)15/h1-4,7-8,10-11,16,19H,5-6,9H2,(H,20,21)(H,22,23)/t16-/m1/s1. The van der Waals surface area contributed by atoms with Crippen LogP contribution in [0.25, 0.3) is 10.9 Å². The molecule has 1 amide bonds. The Morgan fingerprint density at radius 2 is 2.08 bits per heavy atom. The third kappa shape index (κ3) is 3.83. The van der Waals surface area contributed by atoms with Crippen molar-refractivity contribution in [2.45, 2.75) is 25.3 Å². The third-order valence-corrected chi connectivity index (χ3v) is 4.69. The number of carboxylic acid groups (broad SMARTS) is 1. The number of fused-ring (bicyclic) bond motifs is 1. The Morgan fingerprint density at radius 3 is 2.83 bits per heavy atom. The molecule has 1 aromatic carbocycles. The summed E-state index contributed by atoms with van der Waals surface area (Å²) in [7, 11) is 0. The molecule has 2 heterocycles. The molecular weight excluding hydrogens is 324 g/mol. The zero-order valence-corrected chi connectivity index (χ0v) is 13.8. The molecule has 0 radical (unpaired) electrons. The second kappa shape index (κ2) is 7.31. The zero-order valence-electron chi connectivity index (χ0n) is 13.0. The van der Waals surface area contributed by atoms with Crippen molar-refractivity contribution in [2.24, 2.45) is 0 Å². The number of aryl methyl sites for hydroxylation is 1. The molecule has 2 aromatic heterocycles. The van der Waals surface area contributed by atoms with E-state index in [4.69, 9.17) is 0 Å². The van der Waals surface area contributed by atoms with Crippen LogP contribution in [-0.2, 0) is 22.4 Å². The van der Waals surface area contributed by atoms with Crippen molar-refractivity contribution in [3.05, 3.63) is 58.4 Å². The summed E-state index contributed by atoms with van der Waals surface area (Å²) in [6.07, 6.45) is 2.96. The average molecular weight is 342 g/mol. The van der Waals surface area contributed by atoms with Crippen molar-refractivity contribution in [2.75, 3.05) is 0 Å². The van der Waals surface area contributed by atoms with Gasteiger partial charge in [-0.15, -0.1) is 0 Å². The molecule has 0 saturated carbocycles. The fraction of sp³-hybridized carbons (Fsp3) is 0.222. The molecular formula is C18H18N2O3S. The molecule has 0 aliphatic carbocycles. The Hall–Kier alpha value is -2.60. The molecule has 3 N–H and O–H groups in total. The van der Waals surface area contributed by atoms with Gasteiger partial charge in [-0.3, -0.25) is 4.79 Å². The maximum atomic E-state index is 12.1. The summed E-state index contributed by atoms with van der Waals surface area (Å²) < 4.78 is 0. The number of carbonyl (C=O) groups excluding carboxylic acids is 1. The first-order chi connectivity index (χ1) is 11.6. The topological polar surface area (TPSA) is 82.2 Å². The number of benzene rings is 1. The summed E-state index contributed by atoms with van der Waals surface area (Å²) in [6, 6.07) is 8.75. The number of aromatic nitrogens is 1. The second-order valence-electron chi connectivity index (χ2n) is 5.65. The van der Waals surface area contributed by atoms with Crippen molar-refractivity contribution in [3.8, 4) is 0 Å². The molecule has 0 aliphatic rings. The van der Waals surface area contributed by atoms with Crippen LogP contribution in [0.2, 0.25) is 0 Å². The number of rotatable bonds is 7. The van der Waals surface area contributed by atoms with Gasteiger partial charge in [0.1, 0.15) is 6.04 Å². The number of amides is 1. The quantitative estimate of drug-likeness (QED) is 0.617. The molecule has 0 bridgehead atoms. The van der Waals surface area contributed by atoms with Crippen molar-refractivity contribution >= 4 is 34.1 Å². The minimum Gasteiger partial charge on any atom is -0.480 e. The number of H-pyrrole nitrogens is 1. The third-order valence-electron chi connectivity index (χ3n) is 3.95. The Morgan fingerprint density at radius 1 is 1.25 bits per heavy atom. The highest BCUT2D eigenvalue weighted by molar-refractivity contribution is 7.07. The van der Waals surface area contributed by atoms with Crippen LogP contribution in [0.1, 0.15) is 17.5 Å². The van der Waals surface area contributed by atoms with Crippen LogP contribution in [0.5, 0.6) is 0 Å². The first-order valence-corrected chi connectivity index (χ1v) is 8.66. The number of aliphatic carboxylic acids is 1. The minimum absolute atomic E-state index is 0.242. The van der Waals surface area contributed by atoms with Crippen molar-refractivity contribution < 1.29 is 14.7 Å². The van der Waals surface area contributed by atoms with E-state index in [2.05, 4.69) is 10.3 Å². The fourth-order valence-corrected chi connectivity index (χ4v) is 3.38. The predicted octanol–water partition coefficient (Wildman–Crippen LogP) is 2.97. The SMILES string of the molecule is O=C(CCc1ccsc1)N[C@H](Cc1c[nH]c2ccccc12)C(=O)O. The van der Waals surface area contributed by atoms with Gasteiger partial charge in [0.2, 0.25) is 5.91 Å².